The SMILES string of the molecule is CCc1nncn1CCNC(=NCCOC)N1CCc2ccccc21.I. The molecule has 1 aromatic carbocycles. The predicted molar refractivity (Wildman–Crippen MR) is 114 cm³/mol. The predicted octanol–water partition coefficient (Wildman–Crippen LogP) is 2.11. The Morgan fingerprint density at radius 3 is 3.00 bits per heavy atom. The van der Waals surface area contributed by atoms with Crippen molar-refractivity contribution in [2.24, 2.45) is 4.99 Å². The number of para-hydroxylation sites is 1. The average Bonchev–Trinajstić information content (AvgIpc) is 3.27. The number of ether oxygens (including phenoxy) is 1. The topological polar surface area (TPSA) is 67.6 Å². The maximum absolute atomic E-state index is 5.14. The van der Waals surface area contributed by atoms with Gasteiger partial charge in [0.1, 0.15) is 12.2 Å². The number of aryl methyl sites for hydroxylation is 1. The Balaban J connectivity index is 0.00000243. The maximum Gasteiger partial charge on any atom is 0.198 e. The molecule has 142 valence electrons. The zero-order valence-electron chi connectivity index (χ0n) is 15.4. The van der Waals surface area contributed by atoms with Gasteiger partial charge in [0, 0.05) is 38.9 Å². The van der Waals surface area contributed by atoms with Gasteiger partial charge in [-0.2, -0.15) is 0 Å². The molecule has 1 aromatic heterocycles. The molecular formula is C18H27IN6O. The van der Waals surface area contributed by atoms with E-state index in [0.717, 1.165) is 44.3 Å². The molecule has 8 heteroatoms. The summed E-state index contributed by atoms with van der Waals surface area (Å²) in [4.78, 5) is 6.98. The van der Waals surface area contributed by atoms with Crippen LogP contribution in [-0.2, 0) is 24.1 Å². The Morgan fingerprint density at radius 1 is 1.35 bits per heavy atom. The minimum absolute atomic E-state index is 0. The number of methoxy groups -OCH3 is 1. The molecule has 0 saturated heterocycles. The summed E-state index contributed by atoms with van der Waals surface area (Å²) in [6.45, 7) is 5.89. The highest BCUT2D eigenvalue weighted by atomic mass is 127. The summed E-state index contributed by atoms with van der Waals surface area (Å²) >= 11 is 0. The number of aromatic nitrogens is 3. The van der Waals surface area contributed by atoms with Crippen LogP contribution in [0.1, 0.15) is 18.3 Å². The first kappa shape index (κ1) is 20.6. The zero-order valence-corrected chi connectivity index (χ0v) is 17.7. The van der Waals surface area contributed by atoms with Crippen molar-refractivity contribution in [3.8, 4) is 0 Å². The molecule has 0 aliphatic carbocycles. The quantitative estimate of drug-likeness (QED) is 0.291. The smallest absolute Gasteiger partial charge is 0.198 e. The highest BCUT2D eigenvalue weighted by Gasteiger charge is 2.22. The largest absolute Gasteiger partial charge is 0.383 e. The summed E-state index contributed by atoms with van der Waals surface area (Å²) in [5.41, 5.74) is 2.61. The molecule has 0 amide bonds. The van der Waals surface area contributed by atoms with E-state index in [4.69, 9.17) is 9.73 Å². The van der Waals surface area contributed by atoms with E-state index in [1.165, 1.54) is 11.3 Å². The van der Waals surface area contributed by atoms with Gasteiger partial charge in [-0.05, 0) is 18.1 Å². The highest BCUT2D eigenvalue weighted by molar-refractivity contribution is 14.0. The monoisotopic (exact) mass is 470 g/mol. The van der Waals surface area contributed by atoms with E-state index in [0.29, 0.717) is 13.2 Å². The van der Waals surface area contributed by atoms with E-state index in [2.05, 4.69) is 56.2 Å². The third kappa shape index (κ3) is 4.94. The van der Waals surface area contributed by atoms with Gasteiger partial charge in [0.15, 0.2) is 5.96 Å². The first-order valence-electron chi connectivity index (χ1n) is 8.83. The molecule has 7 nitrogen and oxygen atoms in total. The second-order valence-electron chi connectivity index (χ2n) is 5.95. The van der Waals surface area contributed by atoms with Crippen molar-refractivity contribution in [2.45, 2.75) is 26.3 Å². The molecule has 0 fully saturated rings. The lowest BCUT2D eigenvalue weighted by molar-refractivity contribution is 0.208. The Morgan fingerprint density at radius 2 is 2.19 bits per heavy atom. The van der Waals surface area contributed by atoms with Crippen molar-refractivity contribution in [1.82, 2.24) is 20.1 Å². The van der Waals surface area contributed by atoms with E-state index >= 15 is 0 Å². The van der Waals surface area contributed by atoms with Gasteiger partial charge in [-0.1, -0.05) is 25.1 Å². The van der Waals surface area contributed by atoms with Crippen LogP contribution in [0.15, 0.2) is 35.6 Å². The molecule has 0 unspecified atom stereocenters. The highest BCUT2D eigenvalue weighted by Crippen LogP contribution is 2.27. The normalized spacial score (nSPS) is 13.5. The fourth-order valence-electron chi connectivity index (χ4n) is 3.07. The number of hydrogen-bond acceptors (Lipinski definition) is 4. The molecule has 0 saturated carbocycles. The molecule has 1 aliphatic rings. The number of aliphatic imine (C=N–C) groups is 1. The van der Waals surface area contributed by atoms with Crippen molar-refractivity contribution in [3.63, 3.8) is 0 Å². The van der Waals surface area contributed by atoms with Crippen LogP contribution >= 0.6 is 24.0 Å². The number of nitrogens with zero attached hydrogens (tertiary/aromatic N) is 5. The lowest BCUT2D eigenvalue weighted by Gasteiger charge is -2.23. The molecule has 2 aromatic rings. The Bertz CT molecular complexity index is 717. The van der Waals surface area contributed by atoms with E-state index in [1.54, 1.807) is 13.4 Å². The third-order valence-corrected chi connectivity index (χ3v) is 4.35. The Labute approximate surface area is 171 Å². The lowest BCUT2D eigenvalue weighted by atomic mass is 10.2. The maximum atomic E-state index is 5.14. The second kappa shape index (κ2) is 10.5. The van der Waals surface area contributed by atoms with Crippen LogP contribution in [0, 0.1) is 0 Å². The Kier molecular flexibility index (Phi) is 8.30. The molecule has 1 aliphatic heterocycles. The number of nitrogens with one attached hydrogen (secondary N) is 1. The van der Waals surface area contributed by atoms with Crippen LogP contribution in [-0.4, -0.2) is 54.1 Å². The second-order valence-corrected chi connectivity index (χ2v) is 5.95. The van der Waals surface area contributed by atoms with Crippen LogP contribution in [0.25, 0.3) is 0 Å². The molecule has 2 heterocycles. The van der Waals surface area contributed by atoms with Crippen LogP contribution < -0.4 is 10.2 Å². The minimum Gasteiger partial charge on any atom is -0.383 e. The summed E-state index contributed by atoms with van der Waals surface area (Å²) < 4.78 is 7.23. The van der Waals surface area contributed by atoms with Crippen LogP contribution in [0.2, 0.25) is 0 Å². The lowest BCUT2D eigenvalue weighted by Crippen LogP contribution is -2.42. The van der Waals surface area contributed by atoms with Gasteiger partial charge in [0.25, 0.3) is 0 Å². The van der Waals surface area contributed by atoms with Crippen LogP contribution in [0.4, 0.5) is 5.69 Å². The van der Waals surface area contributed by atoms with Crippen molar-refractivity contribution in [3.05, 3.63) is 42.0 Å². The molecule has 1 N–H and O–H groups in total. The first-order valence-corrected chi connectivity index (χ1v) is 8.83. The summed E-state index contributed by atoms with van der Waals surface area (Å²) in [7, 11) is 1.70. The summed E-state index contributed by atoms with van der Waals surface area (Å²) in [5.74, 6) is 1.92. The first-order chi connectivity index (χ1) is 12.3. The van der Waals surface area contributed by atoms with Crippen molar-refractivity contribution < 1.29 is 4.74 Å². The van der Waals surface area contributed by atoms with Crippen molar-refractivity contribution in [2.75, 3.05) is 38.3 Å². The summed E-state index contributed by atoms with van der Waals surface area (Å²) in [6.07, 6.45) is 3.72. The van der Waals surface area contributed by atoms with Gasteiger partial charge < -0.3 is 19.5 Å². The molecule has 3 rings (SSSR count). The molecule has 0 radical (unpaired) electrons. The number of hydrogen-bond donors (Lipinski definition) is 1. The average molecular weight is 470 g/mol. The van der Waals surface area contributed by atoms with Gasteiger partial charge in [0.2, 0.25) is 0 Å². The molecule has 0 spiro atoms. The number of anilines is 1. The van der Waals surface area contributed by atoms with Crippen molar-refractivity contribution >= 4 is 35.6 Å². The molecule has 0 atom stereocenters. The van der Waals surface area contributed by atoms with E-state index in [-0.39, 0.29) is 24.0 Å². The number of fused-ring (bicyclic) bond motifs is 1. The van der Waals surface area contributed by atoms with Gasteiger partial charge in [-0.25, -0.2) is 0 Å². The Hall–Kier alpha value is -1.68. The molecule has 0 bridgehead atoms. The summed E-state index contributed by atoms with van der Waals surface area (Å²) in [5, 5.41) is 11.6. The fourth-order valence-corrected chi connectivity index (χ4v) is 3.07. The van der Waals surface area contributed by atoms with Crippen LogP contribution in [0.5, 0.6) is 0 Å². The standard InChI is InChI=1S/C18H26N6O.HI/c1-3-17-22-21-14-23(17)12-9-19-18(20-10-13-25-2)24-11-8-15-6-4-5-7-16(15)24;/h4-7,14H,3,8-13H2,1-2H3,(H,19,20);1H. The van der Waals surface area contributed by atoms with Gasteiger partial charge >= 0.3 is 0 Å². The zero-order chi connectivity index (χ0) is 17.5. The summed E-state index contributed by atoms with van der Waals surface area (Å²) in [6, 6.07) is 8.52. The van der Waals surface area contributed by atoms with E-state index in [1.807, 2.05) is 0 Å². The molecular weight excluding hydrogens is 443 g/mol. The van der Waals surface area contributed by atoms with Crippen LogP contribution in [0.3, 0.4) is 0 Å². The van der Waals surface area contributed by atoms with E-state index < -0.39 is 0 Å². The number of benzene rings is 1. The number of halogens is 1. The van der Waals surface area contributed by atoms with Gasteiger partial charge in [0.05, 0.1) is 13.2 Å². The van der Waals surface area contributed by atoms with Gasteiger partial charge in [-0.15, -0.1) is 34.2 Å². The third-order valence-electron chi connectivity index (χ3n) is 4.35. The number of guanidine groups is 1. The van der Waals surface area contributed by atoms with Crippen molar-refractivity contribution in [1.29, 1.82) is 0 Å². The molecule has 26 heavy (non-hydrogen) atoms. The van der Waals surface area contributed by atoms with E-state index in [9.17, 15) is 0 Å². The number of rotatable bonds is 7. The van der Waals surface area contributed by atoms with Gasteiger partial charge in [-0.3, -0.25) is 4.99 Å². The minimum atomic E-state index is 0. The fraction of sp³-hybridized carbons (Fsp3) is 0.500.